The van der Waals surface area contributed by atoms with Crippen LogP contribution in [-0.2, 0) is 46.9 Å². The molecule has 15 atom stereocenters. The summed E-state index contributed by atoms with van der Waals surface area (Å²) in [7, 11) is 1.98. The molecule has 6 aliphatic heterocycles. The summed E-state index contributed by atoms with van der Waals surface area (Å²) >= 11 is 16.9. The van der Waals surface area contributed by atoms with E-state index in [2.05, 4.69) is 51.1 Å². The Hall–Kier alpha value is -2.86. The van der Waals surface area contributed by atoms with Gasteiger partial charge in [-0.15, -0.1) is 23.2 Å². The molecule has 20 heteroatoms. The molecular formula is C53H76Cl2N8O8S2. The smallest absolute Gasteiger partial charge is 0.308 e. The van der Waals surface area contributed by atoms with Gasteiger partial charge in [-0.05, 0) is 116 Å². The number of aromatic nitrogens is 4. The Balaban J connectivity index is 0.000000180. The van der Waals surface area contributed by atoms with E-state index < -0.39 is 11.9 Å². The molecule has 4 saturated heterocycles. The molecular weight excluding hydrogens is 1010 g/mol. The number of hydrogen-bond acceptors (Lipinski definition) is 14. The van der Waals surface area contributed by atoms with Gasteiger partial charge in [0.1, 0.15) is 18.3 Å². The molecule has 0 amide bonds. The van der Waals surface area contributed by atoms with Crippen molar-refractivity contribution in [3.05, 3.63) is 49.2 Å². The van der Waals surface area contributed by atoms with Crippen molar-refractivity contribution in [2.24, 2.45) is 41.4 Å². The van der Waals surface area contributed by atoms with Gasteiger partial charge < -0.3 is 30.3 Å². The number of carboxylic acids is 2. The Morgan fingerprint density at radius 3 is 2.26 bits per heavy atom. The van der Waals surface area contributed by atoms with Crippen LogP contribution in [0.4, 0.5) is 0 Å². The number of ether oxygens (including phenoxy) is 2. The number of rotatable bonds is 10. The number of fused-ring (bicyclic) bond motifs is 4. The summed E-state index contributed by atoms with van der Waals surface area (Å²) in [4.78, 5) is 64.0. The fourth-order valence-electron chi connectivity index (χ4n) is 13.5. The fourth-order valence-corrected chi connectivity index (χ4v) is 17.9. The lowest BCUT2D eigenvalue weighted by Crippen LogP contribution is -2.57. The maximum atomic E-state index is 13.3. The van der Waals surface area contributed by atoms with E-state index in [1.54, 1.807) is 20.9 Å². The first-order chi connectivity index (χ1) is 35.1. The Labute approximate surface area is 448 Å². The zero-order chi connectivity index (χ0) is 51.7. The average molecular weight is 1090 g/mol. The molecule has 2 saturated carbocycles. The molecule has 6 fully saturated rings. The van der Waals surface area contributed by atoms with Gasteiger partial charge in [0.2, 0.25) is 5.88 Å². The van der Waals surface area contributed by atoms with E-state index in [4.69, 9.17) is 37.7 Å². The van der Waals surface area contributed by atoms with Gasteiger partial charge in [0.15, 0.2) is 0 Å². The topological polar surface area (TPSA) is 193 Å². The molecule has 2 aromatic heterocycles. The van der Waals surface area contributed by atoms with Crippen molar-refractivity contribution in [1.82, 2.24) is 39.5 Å². The second-order valence-electron chi connectivity index (χ2n) is 22.0. The van der Waals surface area contributed by atoms with E-state index >= 15 is 0 Å². The summed E-state index contributed by atoms with van der Waals surface area (Å²) < 4.78 is 15.7. The molecule has 2 aliphatic carbocycles. The Kier molecular flexibility index (Phi) is 18.2. The number of piperidine rings is 2. The minimum atomic E-state index is -0.709. The van der Waals surface area contributed by atoms with Gasteiger partial charge in [-0.3, -0.25) is 38.1 Å². The van der Waals surface area contributed by atoms with Gasteiger partial charge in [0, 0.05) is 89.4 Å². The minimum absolute atomic E-state index is 0.0140. The van der Waals surface area contributed by atoms with Crippen molar-refractivity contribution < 1.29 is 29.3 Å². The second kappa shape index (κ2) is 24.2. The van der Waals surface area contributed by atoms with Crippen molar-refractivity contribution in [3.8, 4) is 17.7 Å². The summed E-state index contributed by atoms with van der Waals surface area (Å²) in [5.74, 6) is 9.61. The fraction of sp³-hybridized carbons (Fsp3) is 0.774. The van der Waals surface area contributed by atoms with Crippen LogP contribution in [0.5, 0.6) is 5.88 Å². The van der Waals surface area contributed by atoms with Crippen LogP contribution in [0.25, 0.3) is 0 Å². The molecule has 0 aromatic carbocycles. The molecule has 8 aliphatic rings. The SMILES string of the molecule is CCN1CCc2nc(C)n(CC#CC3CCC(Cl)CC3C3CCNC4C(C(=O)O)CSC34)c(=O)c2C1.Cc1nc2c(c(=O)n1CCOC1CCC(Cl)CC1C1CC(C)NC3C(C(=O)O)CSC13)CN(C)CCO2. The number of aliphatic carboxylic acids is 2. The van der Waals surface area contributed by atoms with Crippen LogP contribution in [0.2, 0.25) is 0 Å². The number of halogens is 2. The van der Waals surface area contributed by atoms with E-state index in [1.165, 1.54) is 0 Å². The molecule has 0 radical (unpaired) electrons. The standard InChI is InChI=1S/C27H37ClN4O3S.C26H39ClN4O5S/c1-3-31-12-9-23-21(14-31)26(33)32(16(2)30-23)11-4-5-17-6-7-18(28)13-20(17)19-8-10-29-24-22(27(34)35)15-36-25(19)24;1-14-10-18(23-22(28-14)20(13-37-23)26(33)34)17-11-16(27)4-5-21(17)35-9-7-31-15(2)29-24-19(25(31)32)12-30(3)6-8-36-24/h17-20,22,24-25,29H,3,6-15H2,1-2H3,(H,34,35);14,16-18,20-23,28H,4-13H2,1-3H3,(H,33,34). The molecule has 8 heterocycles. The van der Waals surface area contributed by atoms with Gasteiger partial charge in [0.05, 0.1) is 54.5 Å². The molecule has 4 N–H and O–H groups in total. The Morgan fingerprint density at radius 1 is 0.836 bits per heavy atom. The van der Waals surface area contributed by atoms with E-state index in [1.807, 2.05) is 32.7 Å². The maximum absolute atomic E-state index is 13.3. The number of likely N-dealkylation sites (N-methyl/N-ethyl adjacent to an activating group) is 2. The highest BCUT2D eigenvalue weighted by atomic mass is 35.5. The molecule has 2 aromatic rings. The Morgan fingerprint density at radius 2 is 1.52 bits per heavy atom. The summed E-state index contributed by atoms with van der Waals surface area (Å²) in [5.41, 5.74) is 2.36. The summed E-state index contributed by atoms with van der Waals surface area (Å²) in [5, 5.41) is 27.3. The predicted molar refractivity (Wildman–Crippen MR) is 287 cm³/mol. The molecule has 15 unspecified atom stereocenters. The van der Waals surface area contributed by atoms with Gasteiger partial charge in [0.25, 0.3) is 11.1 Å². The van der Waals surface area contributed by atoms with E-state index in [-0.39, 0.29) is 75.0 Å². The highest BCUT2D eigenvalue weighted by Crippen LogP contribution is 2.50. The molecule has 0 bridgehead atoms. The number of aryl methyl sites for hydroxylation is 2. The number of nitrogens with one attached hydrogen (secondary N) is 2. The largest absolute Gasteiger partial charge is 0.481 e. The van der Waals surface area contributed by atoms with Crippen LogP contribution in [-0.4, -0.2) is 154 Å². The summed E-state index contributed by atoms with van der Waals surface area (Å²) in [6, 6.07) is 0.274. The third kappa shape index (κ3) is 12.2. The first-order valence-electron chi connectivity index (χ1n) is 26.9. The first kappa shape index (κ1) is 54.9. The number of thioether (sulfide) groups is 2. The van der Waals surface area contributed by atoms with Crippen molar-refractivity contribution in [3.63, 3.8) is 0 Å². The van der Waals surface area contributed by atoms with Gasteiger partial charge in [-0.2, -0.15) is 28.5 Å². The molecule has 0 spiro atoms. The molecule has 73 heavy (non-hydrogen) atoms. The monoisotopic (exact) mass is 1090 g/mol. The van der Waals surface area contributed by atoms with Crippen LogP contribution in [0, 0.1) is 67.1 Å². The highest BCUT2D eigenvalue weighted by Gasteiger charge is 2.53. The van der Waals surface area contributed by atoms with E-state index in [0.717, 1.165) is 101 Å². The molecule has 16 nitrogen and oxygen atoms in total. The average Bonchev–Trinajstić information content (AvgIpc) is 3.96. The van der Waals surface area contributed by atoms with Crippen LogP contribution in [0.3, 0.4) is 0 Å². The lowest BCUT2D eigenvalue weighted by atomic mass is 9.68. The highest BCUT2D eigenvalue weighted by molar-refractivity contribution is 8.00. The zero-order valence-electron chi connectivity index (χ0n) is 43.1. The van der Waals surface area contributed by atoms with Gasteiger partial charge >= 0.3 is 11.9 Å². The van der Waals surface area contributed by atoms with Crippen LogP contribution in [0.1, 0.15) is 93.7 Å². The predicted octanol–water partition coefficient (Wildman–Crippen LogP) is 5.10. The van der Waals surface area contributed by atoms with Crippen molar-refractivity contribution in [2.45, 2.75) is 157 Å². The second-order valence-corrected chi connectivity index (χ2v) is 25.6. The quantitative estimate of drug-likeness (QED) is 0.181. The van der Waals surface area contributed by atoms with Gasteiger partial charge in [-0.25, -0.2) is 4.98 Å². The first-order valence-corrected chi connectivity index (χ1v) is 29.9. The van der Waals surface area contributed by atoms with Crippen LogP contribution in [0.15, 0.2) is 9.59 Å². The van der Waals surface area contributed by atoms with Crippen molar-refractivity contribution in [2.75, 3.05) is 57.9 Å². The number of carbonyl (C=O) groups is 2. The van der Waals surface area contributed by atoms with E-state index in [0.29, 0.717) is 91.2 Å². The lowest BCUT2D eigenvalue weighted by Gasteiger charge is -2.47. The lowest BCUT2D eigenvalue weighted by molar-refractivity contribution is -0.143. The Bertz CT molecular complexity index is 2510. The number of hydrogen-bond donors (Lipinski definition) is 4. The van der Waals surface area contributed by atoms with Crippen molar-refractivity contribution in [1.29, 1.82) is 0 Å². The van der Waals surface area contributed by atoms with Gasteiger partial charge in [-0.1, -0.05) is 18.8 Å². The minimum Gasteiger partial charge on any atom is -0.481 e. The van der Waals surface area contributed by atoms with Crippen LogP contribution >= 0.6 is 46.7 Å². The molecule has 10 rings (SSSR count). The number of alkyl halides is 2. The third-order valence-electron chi connectivity index (χ3n) is 17.4. The van der Waals surface area contributed by atoms with Crippen LogP contribution < -0.4 is 26.5 Å². The normalized spacial score (nSPS) is 35.4. The maximum Gasteiger partial charge on any atom is 0.308 e. The summed E-state index contributed by atoms with van der Waals surface area (Å²) in [6.07, 6.45) is 8.43. The number of carboxylic acid groups (broad SMARTS) is 2. The van der Waals surface area contributed by atoms with Crippen molar-refractivity contribution >= 4 is 58.7 Å². The third-order valence-corrected chi connectivity index (χ3v) is 21.4. The van der Waals surface area contributed by atoms with E-state index in [9.17, 15) is 29.4 Å². The molecule has 402 valence electrons. The zero-order valence-corrected chi connectivity index (χ0v) is 46.3. The number of nitrogens with zero attached hydrogens (tertiary/aromatic N) is 6. The summed E-state index contributed by atoms with van der Waals surface area (Å²) in [6.45, 7) is 14.5.